The minimum Gasteiger partial charge on any atom is -0.497 e. The van der Waals surface area contributed by atoms with Crippen LogP contribution in [0.25, 0.3) is 0 Å². The largest absolute Gasteiger partial charge is 0.497 e. The zero-order valence-corrected chi connectivity index (χ0v) is 34.7. The van der Waals surface area contributed by atoms with Gasteiger partial charge in [0.15, 0.2) is 0 Å². The van der Waals surface area contributed by atoms with Crippen molar-refractivity contribution in [2.45, 2.75) is 76.7 Å². The van der Waals surface area contributed by atoms with Crippen LogP contribution in [-0.4, -0.2) is 91.3 Å². The number of nitriles is 1. The first-order valence-electron chi connectivity index (χ1n) is 18.9. The standard InChI is InChI=1S/C42H53N6O8P/c1-29(2)48(30(3)4)57(54-24-12-23-43)56-37-25-39(47-26-36(44-28-46(5)6)40(49)45-41(47)50)55-38(37)27-53-42(31-13-10-9-11-14-31,32-15-19-34(51-7)20-16-32)33-17-21-35(52-8)22-18-33/h9-11,13-22,26,28-30,37-39H,12,24-25,27H2,1-8H3,(H,45,49,50)/t37-,38+,39+,57?/m0/s1. The Kier molecular flexibility index (Phi) is 15.2. The number of hydrogen-bond acceptors (Lipinski definition) is 11. The predicted octanol–water partition coefficient (Wildman–Crippen LogP) is 6.73. The number of aromatic nitrogens is 2. The van der Waals surface area contributed by atoms with Crippen molar-refractivity contribution in [3.8, 4) is 17.6 Å². The first kappa shape index (κ1) is 43.3. The zero-order chi connectivity index (χ0) is 41.1. The summed E-state index contributed by atoms with van der Waals surface area (Å²) in [4.78, 5) is 34.5. The Morgan fingerprint density at radius 3 is 2.05 bits per heavy atom. The lowest BCUT2D eigenvalue weighted by atomic mass is 9.80. The fraction of sp³-hybridized carbons (Fsp3) is 0.429. The van der Waals surface area contributed by atoms with Crippen molar-refractivity contribution >= 4 is 20.6 Å². The normalized spacial score (nSPS) is 17.7. The van der Waals surface area contributed by atoms with E-state index in [4.69, 9.17) is 28.0 Å². The average Bonchev–Trinajstić information content (AvgIpc) is 3.60. The highest BCUT2D eigenvalue weighted by Crippen LogP contribution is 2.50. The smallest absolute Gasteiger partial charge is 0.330 e. The average molecular weight is 801 g/mol. The number of hydrogen-bond donors (Lipinski definition) is 1. The molecule has 57 heavy (non-hydrogen) atoms. The molecule has 0 bridgehead atoms. The first-order chi connectivity index (χ1) is 27.4. The summed E-state index contributed by atoms with van der Waals surface area (Å²) in [5, 5.41) is 9.35. The van der Waals surface area contributed by atoms with Gasteiger partial charge in [-0.15, -0.1) is 0 Å². The van der Waals surface area contributed by atoms with E-state index >= 15 is 0 Å². The summed E-state index contributed by atoms with van der Waals surface area (Å²) in [6.07, 6.45) is 1.02. The van der Waals surface area contributed by atoms with Crippen LogP contribution in [0.1, 0.15) is 63.5 Å². The molecule has 1 aliphatic rings. The number of nitrogens with one attached hydrogen (secondary N) is 1. The molecule has 304 valence electrons. The summed E-state index contributed by atoms with van der Waals surface area (Å²) >= 11 is 0. The second-order valence-corrected chi connectivity index (χ2v) is 15.7. The maximum atomic E-state index is 13.4. The molecule has 5 rings (SSSR count). The molecule has 1 unspecified atom stereocenters. The lowest BCUT2D eigenvalue weighted by molar-refractivity contribution is -0.0925. The van der Waals surface area contributed by atoms with Gasteiger partial charge in [0.25, 0.3) is 14.1 Å². The van der Waals surface area contributed by atoms with Crippen molar-refractivity contribution < 1.29 is 28.0 Å². The summed E-state index contributed by atoms with van der Waals surface area (Å²) < 4.78 is 41.7. The second-order valence-electron chi connectivity index (χ2n) is 14.3. The molecule has 1 aliphatic heterocycles. The van der Waals surface area contributed by atoms with Crippen LogP contribution in [0.5, 0.6) is 11.5 Å². The third-order valence-electron chi connectivity index (χ3n) is 9.39. The fourth-order valence-corrected chi connectivity index (χ4v) is 8.54. The van der Waals surface area contributed by atoms with Crippen LogP contribution in [0.2, 0.25) is 0 Å². The zero-order valence-electron chi connectivity index (χ0n) is 33.8. The number of aliphatic imine (C=N–C) groups is 1. The van der Waals surface area contributed by atoms with E-state index in [1.54, 1.807) is 33.2 Å². The Morgan fingerprint density at radius 1 is 0.947 bits per heavy atom. The monoisotopic (exact) mass is 800 g/mol. The van der Waals surface area contributed by atoms with E-state index < -0.39 is 43.8 Å². The number of aromatic amines is 1. The Labute approximate surface area is 335 Å². The molecule has 1 aromatic heterocycles. The molecule has 2 heterocycles. The molecule has 14 nitrogen and oxygen atoms in total. The van der Waals surface area contributed by atoms with Gasteiger partial charge in [-0.3, -0.25) is 14.3 Å². The fourth-order valence-electron chi connectivity index (χ4n) is 6.78. The van der Waals surface area contributed by atoms with E-state index in [0.717, 1.165) is 16.7 Å². The molecule has 4 atom stereocenters. The van der Waals surface area contributed by atoms with Gasteiger partial charge in [-0.25, -0.2) is 14.5 Å². The van der Waals surface area contributed by atoms with Crippen molar-refractivity contribution in [3.05, 3.63) is 123 Å². The molecule has 4 aromatic rings. The number of rotatable bonds is 19. The third kappa shape index (κ3) is 10.4. The number of nitrogens with zero attached hydrogens (tertiary/aromatic N) is 5. The lowest BCUT2D eigenvalue weighted by Crippen LogP contribution is -2.39. The van der Waals surface area contributed by atoms with Crippen LogP contribution in [0.4, 0.5) is 5.69 Å². The van der Waals surface area contributed by atoms with Crippen LogP contribution in [0.3, 0.4) is 0 Å². The molecular formula is C42H53N6O8P. The van der Waals surface area contributed by atoms with Gasteiger partial charge in [0, 0.05) is 38.8 Å². The van der Waals surface area contributed by atoms with Gasteiger partial charge in [0.05, 0.1) is 52.4 Å². The Morgan fingerprint density at radius 2 is 1.53 bits per heavy atom. The minimum atomic E-state index is -1.71. The second kappa shape index (κ2) is 20.0. The Bertz CT molecular complexity index is 2010. The molecule has 1 N–H and O–H groups in total. The van der Waals surface area contributed by atoms with Gasteiger partial charge in [-0.05, 0) is 68.7 Å². The minimum absolute atomic E-state index is 0.00257. The van der Waals surface area contributed by atoms with E-state index in [2.05, 4.69) is 48.4 Å². The van der Waals surface area contributed by atoms with E-state index in [0.29, 0.717) is 11.5 Å². The highest BCUT2D eigenvalue weighted by molar-refractivity contribution is 7.44. The SMILES string of the molecule is COc1ccc(C(OC[C@H]2O[C@@H](n3cc(N=CN(C)C)c(=O)[nH]c3=O)C[C@@H]2OP(OCCC#N)N(C(C)C)C(C)C)(c2ccccc2)c2ccc(OC)cc2)cc1. The van der Waals surface area contributed by atoms with E-state index in [1.807, 2.05) is 78.9 Å². The number of H-pyrrole nitrogens is 1. The molecule has 15 heteroatoms. The van der Waals surface area contributed by atoms with Crippen LogP contribution in [-0.2, 0) is 24.1 Å². The molecule has 0 amide bonds. The summed E-state index contributed by atoms with van der Waals surface area (Å²) in [6, 6.07) is 27.6. The number of benzene rings is 3. The molecule has 0 radical (unpaired) electrons. The van der Waals surface area contributed by atoms with Crippen LogP contribution in [0, 0.1) is 11.3 Å². The van der Waals surface area contributed by atoms with Crippen molar-refractivity contribution in [1.82, 2.24) is 19.1 Å². The van der Waals surface area contributed by atoms with Crippen molar-refractivity contribution in [3.63, 3.8) is 0 Å². The first-order valence-corrected chi connectivity index (χ1v) is 20.0. The highest BCUT2D eigenvalue weighted by atomic mass is 31.2. The van der Waals surface area contributed by atoms with Gasteiger partial charge in [0.2, 0.25) is 0 Å². The number of ether oxygens (including phenoxy) is 4. The predicted molar refractivity (Wildman–Crippen MR) is 220 cm³/mol. The maximum Gasteiger partial charge on any atom is 0.330 e. The summed E-state index contributed by atoms with van der Waals surface area (Å²) in [7, 11) is 5.10. The van der Waals surface area contributed by atoms with Crippen molar-refractivity contribution in [2.75, 3.05) is 41.5 Å². The molecule has 3 aromatic carbocycles. The van der Waals surface area contributed by atoms with Gasteiger partial charge in [-0.1, -0.05) is 54.6 Å². The van der Waals surface area contributed by atoms with E-state index in [-0.39, 0.29) is 43.8 Å². The maximum absolute atomic E-state index is 13.4. The third-order valence-corrected chi connectivity index (χ3v) is 11.5. The van der Waals surface area contributed by atoms with Gasteiger partial charge >= 0.3 is 5.69 Å². The van der Waals surface area contributed by atoms with Crippen molar-refractivity contribution in [2.24, 2.45) is 4.99 Å². The summed E-state index contributed by atoms with van der Waals surface area (Å²) in [5.74, 6) is 1.38. The van der Waals surface area contributed by atoms with Crippen LogP contribution >= 0.6 is 8.53 Å². The van der Waals surface area contributed by atoms with E-state index in [1.165, 1.54) is 17.1 Å². The van der Waals surface area contributed by atoms with Crippen LogP contribution in [0.15, 0.2) is 99.6 Å². The van der Waals surface area contributed by atoms with Gasteiger partial charge in [-0.2, -0.15) is 5.26 Å². The highest BCUT2D eigenvalue weighted by Gasteiger charge is 2.45. The summed E-state index contributed by atoms with van der Waals surface area (Å²) in [5.41, 5.74) is 0.136. The molecule has 0 aliphatic carbocycles. The molecular weight excluding hydrogens is 747 g/mol. The summed E-state index contributed by atoms with van der Waals surface area (Å²) in [6.45, 7) is 8.43. The van der Waals surface area contributed by atoms with Crippen LogP contribution < -0.4 is 20.7 Å². The Hall–Kier alpha value is -4.87. The lowest BCUT2D eigenvalue weighted by Gasteiger charge is -2.39. The Balaban J connectivity index is 1.62. The van der Waals surface area contributed by atoms with E-state index in [9.17, 15) is 14.9 Å². The molecule has 0 spiro atoms. The molecule has 1 fully saturated rings. The quantitative estimate of drug-likeness (QED) is 0.0353. The number of methoxy groups -OCH3 is 2. The van der Waals surface area contributed by atoms with Crippen molar-refractivity contribution in [1.29, 1.82) is 5.26 Å². The van der Waals surface area contributed by atoms with Gasteiger partial charge < -0.3 is 32.9 Å². The van der Waals surface area contributed by atoms with Gasteiger partial charge in [0.1, 0.15) is 35.1 Å². The molecule has 1 saturated heterocycles. The topological polar surface area (TPSA) is 153 Å². The molecule has 0 saturated carbocycles.